The van der Waals surface area contributed by atoms with Gasteiger partial charge in [0.25, 0.3) is 5.91 Å². The molecular formula is C16H26ClN3O3. The van der Waals surface area contributed by atoms with E-state index in [1.165, 1.54) is 0 Å². The van der Waals surface area contributed by atoms with Crippen LogP contribution in [-0.2, 0) is 16.0 Å². The summed E-state index contributed by atoms with van der Waals surface area (Å²) in [4.78, 5) is 23.3. The van der Waals surface area contributed by atoms with Crippen molar-refractivity contribution in [3.05, 3.63) is 35.9 Å². The Bertz CT molecular complexity index is 471. The summed E-state index contributed by atoms with van der Waals surface area (Å²) in [6.45, 7) is 2.25. The molecule has 1 aromatic rings. The van der Waals surface area contributed by atoms with Gasteiger partial charge in [-0.15, -0.1) is 12.4 Å². The van der Waals surface area contributed by atoms with Gasteiger partial charge in [0.1, 0.15) is 6.10 Å². The van der Waals surface area contributed by atoms with E-state index in [0.717, 1.165) is 18.4 Å². The highest BCUT2D eigenvalue weighted by molar-refractivity contribution is 5.87. The number of carbonyl (C=O) groups excluding carboxylic acids is 2. The monoisotopic (exact) mass is 343 g/mol. The molecule has 0 bridgehead atoms. The largest absolute Gasteiger partial charge is 0.382 e. The predicted molar refractivity (Wildman–Crippen MR) is 92.3 cm³/mol. The molecule has 23 heavy (non-hydrogen) atoms. The first-order chi connectivity index (χ1) is 10.5. The van der Waals surface area contributed by atoms with Crippen molar-refractivity contribution in [3.63, 3.8) is 0 Å². The lowest BCUT2D eigenvalue weighted by Gasteiger charge is -2.17. The van der Waals surface area contributed by atoms with E-state index in [0.29, 0.717) is 13.0 Å². The van der Waals surface area contributed by atoms with Crippen molar-refractivity contribution in [1.29, 1.82) is 0 Å². The van der Waals surface area contributed by atoms with Gasteiger partial charge in [-0.1, -0.05) is 43.7 Å². The molecule has 0 aliphatic carbocycles. The van der Waals surface area contributed by atoms with Gasteiger partial charge in [-0.2, -0.15) is 0 Å². The van der Waals surface area contributed by atoms with Gasteiger partial charge in [0, 0.05) is 12.6 Å². The summed E-state index contributed by atoms with van der Waals surface area (Å²) >= 11 is 0. The number of hydrogen-bond donors (Lipinski definition) is 4. The molecule has 6 nitrogen and oxygen atoms in total. The van der Waals surface area contributed by atoms with Crippen LogP contribution in [0, 0.1) is 0 Å². The first-order valence-electron chi connectivity index (χ1n) is 7.56. The van der Waals surface area contributed by atoms with Gasteiger partial charge >= 0.3 is 0 Å². The summed E-state index contributed by atoms with van der Waals surface area (Å²) in [5.74, 6) is -0.903. The van der Waals surface area contributed by atoms with E-state index >= 15 is 0 Å². The minimum absolute atomic E-state index is 0. The summed E-state index contributed by atoms with van der Waals surface area (Å²) in [6, 6.07) is 9.19. The van der Waals surface area contributed by atoms with Crippen molar-refractivity contribution < 1.29 is 14.7 Å². The van der Waals surface area contributed by atoms with Crippen LogP contribution in [-0.4, -0.2) is 42.2 Å². The normalized spacial score (nSPS) is 12.7. The van der Waals surface area contributed by atoms with E-state index in [-0.39, 0.29) is 24.9 Å². The number of benzene rings is 1. The highest BCUT2D eigenvalue weighted by Crippen LogP contribution is 2.00. The molecule has 0 saturated heterocycles. The Labute approximate surface area is 143 Å². The minimum Gasteiger partial charge on any atom is -0.382 e. The minimum atomic E-state index is -1.28. The zero-order valence-corrected chi connectivity index (χ0v) is 14.1. The predicted octanol–water partition coefficient (Wildman–Crippen LogP) is 0.372. The number of rotatable bonds is 9. The Morgan fingerprint density at radius 2 is 1.87 bits per heavy atom. The highest BCUT2D eigenvalue weighted by atomic mass is 35.5. The molecule has 2 atom stereocenters. The lowest BCUT2D eigenvalue weighted by atomic mass is 10.1. The molecule has 130 valence electrons. The first-order valence-corrected chi connectivity index (χ1v) is 7.56. The smallest absolute Gasteiger partial charge is 0.250 e. The Morgan fingerprint density at radius 1 is 1.22 bits per heavy atom. The van der Waals surface area contributed by atoms with Crippen LogP contribution in [0.2, 0.25) is 0 Å². The van der Waals surface area contributed by atoms with Gasteiger partial charge in [0.2, 0.25) is 5.91 Å². The zero-order chi connectivity index (χ0) is 16.4. The molecule has 0 aliphatic rings. The topological polar surface area (TPSA) is 104 Å². The summed E-state index contributed by atoms with van der Waals surface area (Å²) in [7, 11) is 0. The number of hydrogen-bond acceptors (Lipinski definition) is 4. The number of carbonyl (C=O) groups is 2. The van der Waals surface area contributed by atoms with E-state index in [4.69, 9.17) is 5.73 Å². The Morgan fingerprint density at radius 3 is 2.48 bits per heavy atom. The van der Waals surface area contributed by atoms with Gasteiger partial charge in [0.05, 0.1) is 6.54 Å². The van der Waals surface area contributed by atoms with E-state index in [1.807, 2.05) is 37.3 Å². The molecule has 1 aromatic carbocycles. The Balaban J connectivity index is 0.00000484. The molecule has 0 aliphatic heterocycles. The standard InChI is InChI=1S/C16H25N3O3.ClH/c1-2-6-13(17)15(21)16(22)19-11-14(20)18-10-9-12-7-4-3-5-8-12;/h3-5,7-8,13,15,21H,2,6,9-11,17H2,1H3,(H,18,20)(H,19,22);1H/t13-,15?;/m0./s1. The fraction of sp³-hybridized carbons (Fsp3) is 0.500. The van der Waals surface area contributed by atoms with Crippen molar-refractivity contribution >= 4 is 24.2 Å². The van der Waals surface area contributed by atoms with E-state index < -0.39 is 18.1 Å². The van der Waals surface area contributed by atoms with Crippen LogP contribution < -0.4 is 16.4 Å². The van der Waals surface area contributed by atoms with Crippen LogP contribution in [0.15, 0.2) is 30.3 Å². The summed E-state index contributed by atoms with van der Waals surface area (Å²) < 4.78 is 0. The second-order valence-corrected chi connectivity index (χ2v) is 5.20. The van der Waals surface area contributed by atoms with Gasteiger partial charge in [0.15, 0.2) is 0 Å². The molecule has 5 N–H and O–H groups in total. The molecule has 0 saturated carbocycles. The molecule has 1 rings (SSSR count). The van der Waals surface area contributed by atoms with Crippen molar-refractivity contribution in [2.75, 3.05) is 13.1 Å². The van der Waals surface area contributed by atoms with Crippen molar-refractivity contribution in [2.45, 2.75) is 38.3 Å². The van der Waals surface area contributed by atoms with Crippen LogP contribution >= 0.6 is 12.4 Å². The maximum absolute atomic E-state index is 11.6. The summed E-state index contributed by atoms with van der Waals surface area (Å²) in [6.07, 6.45) is 0.783. The maximum Gasteiger partial charge on any atom is 0.250 e. The third-order valence-corrected chi connectivity index (χ3v) is 3.30. The number of nitrogens with one attached hydrogen (secondary N) is 2. The van der Waals surface area contributed by atoms with Gasteiger partial charge < -0.3 is 21.5 Å². The lowest BCUT2D eigenvalue weighted by molar-refractivity contribution is -0.132. The fourth-order valence-corrected chi connectivity index (χ4v) is 2.01. The quantitative estimate of drug-likeness (QED) is 0.520. The van der Waals surface area contributed by atoms with Crippen LogP contribution in [0.1, 0.15) is 25.3 Å². The fourth-order valence-electron chi connectivity index (χ4n) is 2.01. The second-order valence-electron chi connectivity index (χ2n) is 5.20. The first kappa shape index (κ1) is 21.4. The number of aliphatic hydroxyl groups is 1. The number of halogens is 1. The molecule has 0 spiro atoms. The van der Waals surface area contributed by atoms with Gasteiger partial charge in [-0.05, 0) is 18.4 Å². The Hall–Kier alpha value is -1.63. The molecule has 2 amide bonds. The molecule has 0 heterocycles. The summed E-state index contributed by atoms with van der Waals surface area (Å²) in [5.41, 5.74) is 6.80. The van der Waals surface area contributed by atoms with Crippen molar-refractivity contribution in [2.24, 2.45) is 5.73 Å². The molecule has 0 radical (unpaired) electrons. The van der Waals surface area contributed by atoms with Crippen molar-refractivity contribution in [3.8, 4) is 0 Å². The average Bonchev–Trinajstić information content (AvgIpc) is 2.53. The molecule has 0 aromatic heterocycles. The van der Waals surface area contributed by atoms with E-state index in [9.17, 15) is 14.7 Å². The molecular weight excluding hydrogens is 318 g/mol. The highest BCUT2D eigenvalue weighted by Gasteiger charge is 2.22. The van der Waals surface area contributed by atoms with Crippen molar-refractivity contribution in [1.82, 2.24) is 10.6 Å². The van der Waals surface area contributed by atoms with E-state index in [1.54, 1.807) is 0 Å². The number of nitrogens with two attached hydrogens (primary N) is 1. The SMILES string of the molecule is CCC[C@H](N)C(O)C(=O)NCC(=O)NCCc1ccccc1.Cl. The zero-order valence-electron chi connectivity index (χ0n) is 13.3. The maximum atomic E-state index is 11.6. The third kappa shape index (κ3) is 8.54. The van der Waals surface area contributed by atoms with E-state index in [2.05, 4.69) is 10.6 Å². The number of amides is 2. The third-order valence-electron chi connectivity index (χ3n) is 3.30. The van der Waals surface area contributed by atoms with Crippen LogP contribution in [0.5, 0.6) is 0 Å². The average molecular weight is 344 g/mol. The van der Waals surface area contributed by atoms with Crippen LogP contribution in [0.3, 0.4) is 0 Å². The van der Waals surface area contributed by atoms with Gasteiger partial charge in [-0.3, -0.25) is 9.59 Å². The summed E-state index contributed by atoms with van der Waals surface area (Å²) in [5, 5.41) is 14.8. The molecule has 7 heteroatoms. The van der Waals surface area contributed by atoms with Crippen LogP contribution in [0.25, 0.3) is 0 Å². The van der Waals surface area contributed by atoms with Gasteiger partial charge in [-0.25, -0.2) is 0 Å². The Kier molecular flexibility index (Phi) is 11.0. The molecule has 1 unspecified atom stereocenters. The molecule has 0 fully saturated rings. The lowest BCUT2D eigenvalue weighted by Crippen LogP contribution is -2.48. The second kappa shape index (κ2) is 11.9. The number of aliphatic hydroxyl groups excluding tert-OH is 1. The van der Waals surface area contributed by atoms with Crippen LogP contribution in [0.4, 0.5) is 0 Å².